The summed E-state index contributed by atoms with van der Waals surface area (Å²) in [7, 11) is 0. The second-order valence-electron chi connectivity index (χ2n) is 8.17. The van der Waals surface area contributed by atoms with Gasteiger partial charge in [0.1, 0.15) is 0 Å². The van der Waals surface area contributed by atoms with Crippen LogP contribution in [0.4, 0.5) is 0 Å². The summed E-state index contributed by atoms with van der Waals surface area (Å²) in [4.78, 5) is 12.8. The first-order valence-corrected chi connectivity index (χ1v) is 10.0. The molecule has 2 heteroatoms. The van der Waals surface area contributed by atoms with E-state index in [2.05, 4.69) is 43.4 Å². The monoisotopic (exact) mass is 327 g/mol. The first-order valence-electron chi connectivity index (χ1n) is 10.0. The zero-order valence-electron chi connectivity index (χ0n) is 15.4. The predicted octanol–water partition coefficient (Wildman–Crippen LogP) is 5.42. The van der Waals surface area contributed by atoms with Crippen molar-refractivity contribution >= 4 is 5.91 Å². The lowest BCUT2D eigenvalue weighted by atomic mass is 9.75. The normalized spacial score (nSPS) is 25.1. The van der Waals surface area contributed by atoms with Crippen molar-refractivity contribution in [2.75, 3.05) is 0 Å². The fourth-order valence-electron chi connectivity index (χ4n) is 5.01. The molecule has 1 aromatic carbocycles. The van der Waals surface area contributed by atoms with Crippen LogP contribution in [-0.4, -0.2) is 5.91 Å². The van der Waals surface area contributed by atoms with Gasteiger partial charge in [0.15, 0.2) is 0 Å². The molecule has 2 nitrogen and oxygen atoms in total. The van der Waals surface area contributed by atoms with Gasteiger partial charge in [-0.1, -0.05) is 76.6 Å². The zero-order chi connectivity index (χ0) is 16.9. The molecular weight excluding hydrogens is 294 g/mol. The van der Waals surface area contributed by atoms with Crippen LogP contribution in [0.5, 0.6) is 0 Å². The lowest BCUT2D eigenvalue weighted by molar-refractivity contribution is -0.127. The Morgan fingerprint density at radius 3 is 2.54 bits per heavy atom. The average molecular weight is 328 g/mol. The minimum atomic E-state index is 0.263. The number of rotatable bonds is 5. The van der Waals surface area contributed by atoms with E-state index in [4.69, 9.17) is 0 Å². The molecule has 2 atom stereocenters. The maximum atomic E-state index is 12.8. The van der Waals surface area contributed by atoms with Gasteiger partial charge in [0.05, 0.1) is 0 Å². The molecule has 0 radical (unpaired) electrons. The lowest BCUT2D eigenvalue weighted by Gasteiger charge is -2.31. The van der Waals surface area contributed by atoms with Crippen LogP contribution < -0.4 is 5.32 Å². The molecular formula is C22H33NO. The SMILES string of the molecule is CC(C)c1ccccc1CNC(=O)C1CCCC1C1CCCCC1. The van der Waals surface area contributed by atoms with Gasteiger partial charge in [0.25, 0.3) is 0 Å². The molecule has 132 valence electrons. The maximum Gasteiger partial charge on any atom is 0.223 e. The summed E-state index contributed by atoms with van der Waals surface area (Å²) in [5, 5.41) is 3.27. The smallest absolute Gasteiger partial charge is 0.223 e. The molecule has 0 spiro atoms. The van der Waals surface area contributed by atoms with E-state index in [0.29, 0.717) is 24.3 Å². The van der Waals surface area contributed by atoms with Crippen LogP contribution in [0.25, 0.3) is 0 Å². The highest BCUT2D eigenvalue weighted by atomic mass is 16.1. The van der Waals surface area contributed by atoms with E-state index in [0.717, 1.165) is 12.3 Å². The first-order chi connectivity index (χ1) is 11.7. The molecule has 2 aliphatic carbocycles. The van der Waals surface area contributed by atoms with E-state index in [1.54, 1.807) is 0 Å². The number of hydrogen-bond donors (Lipinski definition) is 1. The third kappa shape index (κ3) is 4.02. The van der Waals surface area contributed by atoms with Gasteiger partial charge >= 0.3 is 0 Å². The van der Waals surface area contributed by atoms with Crippen LogP contribution in [0.2, 0.25) is 0 Å². The quantitative estimate of drug-likeness (QED) is 0.768. The highest BCUT2D eigenvalue weighted by molar-refractivity contribution is 5.79. The molecule has 0 saturated heterocycles. The summed E-state index contributed by atoms with van der Waals surface area (Å²) in [6.45, 7) is 5.12. The van der Waals surface area contributed by atoms with Crippen molar-refractivity contribution in [1.82, 2.24) is 5.32 Å². The number of amides is 1. The van der Waals surface area contributed by atoms with Gasteiger partial charge in [0, 0.05) is 12.5 Å². The molecule has 1 N–H and O–H groups in total. The number of carbonyl (C=O) groups excluding carboxylic acids is 1. The van der Waals surface area contributed by atoms with Gasteiger partial charge < -0.3 is 5.32 Å². The van der Waals surface area contributed by atoms with Crippen molar-refractivity contribution in [2.24, 2.45) is 17.8 Å². The summed E-state index contributed by atoms with van der Waals surface area (Å²) in [5.41, 5.74) is 2.63. The topological polar surface area (TPSA) is 29.1 Å². The second-order valence-corrected chi connectivity index (χ2v) is 8.17. The average Bonchev–Trinajstić information content (AvgIpc) is 3.10. The van der Waals surface area contributed by atoms with Crippen LogP contribution in [0.1, 0.15) is 82.3 Å². The van der Waals surface area contributed by atoms with E-state index in [-0.39, 0.29) is 5.92 Å². The third-order valence-corrected chi connectivity index (χ3v) is 6.29. The Bertz CT molecular complexity index is 545. The zero-order valence-corrected chi connectivity index (χ0v) is 15.4. The van der Waals surface area contributed by atoms with Gasteiger partial charge in [-0.05, 0) is 41.7 Å². The van der Waals surface area contributed by atoms with Gasteiger partial charge in [0.2, 0.25) is 5.91 Å². The molecule has 0 heterocycles. The summed E-state index contributed by atoms with van der Waals surface area (Å²) in [5.74, 6) is 2.52. The van der Waals surface area contributed by atoms with E-state index in [9.17, 15) is 4.79 Å². The van der Waals surface area contributed by atoms with Crippen LogP contribution in [0, 0.1) is 17.8 Å². The van der Waals surface area contributed by atoms with Crippen LogP contribution in [0.3, 0.4) is 0 Å². The van der Waals surface area contributed by atoms with Gasteiger partial charge in [-0.3, -0.25) is 4.79 Å². The minimum Gasteiger partial charge on any atom is -0.352 e. The Hall–Kier alpha value is -1.31. The Kier molecular flexibility index (Phi) is 5.97. The van der Waals surface area contributed by atoms with Crippen molar-refractivity contribution in [3.8, 4) is 0 Å². The van der Waals surface area contributed by atoms with Gasteiger partial charge in [-0.2, -0.15) is 0 Å². The fourth-order valence-corrected chi connectivity index (χ4v) is 5.01. The van der Waals surface area contributed by atoms with E-state index in [1.165, 1.54) is 56.1 Å². The van der Waals surface area contributed by atoms with Crippen LogP contribution in [-0.2, 0) is 11.3 Å². The lowest BCUT2D eigenvalue weighted by Crippen LogP contribution is -2.35. The third-order valence-electron chi connectivity index (χ3n) is 6.29. The van der Waals surface area contributed by atoms with Crippen LogP contribution in [0.15, 0.2) is 24.3 Å². The first kappa shape index (κ1) is 17.5. The fraction of sp³-hybridized carbons (Fsp3) is 0.682. The molecule has 0 aliphatic heterocycles. The van der Waals surface area contributed by atoms with Crippen molar-refractivity contribution in [2.45, 2.75) is 77.7 Å². The van der Waals surface area contributed by atoms with E-state index in [1.807, 2.05) is 0 Å². The number of benzene rings is 1. The van der Waals surface area contributed by atoms with Crippen molar-refractivity contribution in [3.63, 3.8) is 0 Å². The largest absolute Gasteiger partial charge is 0.352 e. The molecule has 3 rings (SSSR count). The molecule has 1 amide bonds. The molecule has 0 bridgehead atoms. The van der Waals surface area contributed by atoms with Crippen molar-refractivity contribution in [3.05, 3.63) is 35.4 Å². The number of nitrogens with one attached hydrogen (secondary N) is 1. The van der Waals surface area contributed by atoms with Gasteiger partial charge in [-0.15, -0.1) is 0 Å². The Labute approximate surface area is 147 Å². The Morgan fingerprint density at radius 2 is 1.79 bits per heavy atom. The summed E-state index contributed by atoms with van der Waals surface area (Å²) < 4.78 is 0. The van der Waals surface area contributed by atoms with E-state index >= 15 is 0 Å². The predicted molar refractivity (Wildman–Crippen MR) is 99.8 cm³/mol. The summed E-state index contributed by atoms with van der Waals surface area (Å²) in [6.07, 6.45) is 10.4. The number of carbonyl (C=O) groups is 1. The van der Waals surface area contributed by atoms with Crippen LogP contribution >= 0.6 is 0 Å². The molecule has 24 heavy (non-hydrogen) atoms. The Morgan fingerprint density at radius 1 is 1.04 bits per heavy atom. The molecule has 1 aromatic rings. The van der Waals surface area contributed by atoms with Crippen molar-refractivity contribution in [1.29, 1.82) is 0 Å². The molecule has 2 unspecified atom stereocenters. The maximum absolute atomic E-state index is 12.8. The van der Waals surface area contributed by atoms with Crippen molar-refractivity contribution < 1.29 is 4.79 Å². The standard InChI is InChI=1S/C22H33NO/c1-16(2)19-12-7-6-11-18(19)15-23-22(24)21-14-8-13-20(21)17-9-4-3-5-10-17/h6-7,11-12,16-17,20-21H,3-5,8-10,13-15H2,1-2H3,(H,23,24). The molecule has 0 aromatic heterocycles. The highest BCUT2D eigenvalue weighted by Crippen LogP contribution is 2.43. The highest BCUT2D eigenvalue weighted by Gasteiger charge is 2.38. The molecule has 2 aliphatic rings. The molecule has 2 saturated carbocycles. The number of hydrogen-bond acceptors (Lipinski definition) is 1. The summed E-state index contributed by atoms with van der Waals surface area (Å²) in [6, 6.07) is 8.51. The summed E-state index contributed by atoms with van der Waals surface area (Å²) >= 11 is 0. The molecule has 2 fully saturated rings. The van der Waals surface area contributed by atoms with Gasteiger partial charge in [-0.25, -0.2) is 0 Å². The Balaban J connectivity index is 1.60. The van der Waals surface area contributed by atoms with E-state index < -0.39 is 0 Å². The second kappa shape index (κ2) is 8.18. The minimum absolute atomic E-state index is 0.263.